The average molecular weight is 454 g/mol. The van der Waals surface area contributed by atoms with Crippen LogP contribution in [0.3, 0.4) is 0 Å². The molecule has 1 aliphatic heterocycles. The van der Waals surface area contributed by atoms with Gasteiger partial charge in [0, 0.05) is 23.6 Å². The summed E-state index contributed by atoms with van der Waals surface area (Å²) < 4.78 is 31.5. The van der Waals surface area contributed by atoms with E-state index < -0.39 is 7.82 Å². The number of nitrogens with zero attached hydrogens (tertiary/aromatic N) is 2. The Hall–Kier alpha value is -4.15. The lowest BCUT2D eigenvalue weighted by molar-refractivity contribution is 0.298. The highest BCUT2D eigenvalue weighted by Crippen LogP contribution is 2.51. The van der Waals surface area contributed by atoms with Gasteiger partial charge in [0.2, 0.25) is 0 Å². The van der Waals surface area contributed by atoms with E-state index in [1.807, 2.05) is 54.6 Å². The van der Waals surface area contributed by atoms with Crippen LogP contribution in [0.1, 0.15) is 11.1 Å². The van der Waals surface area contributed by atoms with E-state index in [9.17, 15) is 4.57 Å². The summed E-state index contributed by atoms with van der Waals surface area (Å²) in [6.45, 7) is 0. The van der Waals surface area contributed by atoms with Crippen LogP contribution in [0.5, 0.6) is 17.2 Å². The first-order valence-corrected chi connectivity index (χ1v) is 11.7. The molecule has 4 aromatic rings. The van der Waals surface area contributed by atoms with Crippen LogP contribution in [-0.2, 0) is 4.57 Å². The molecule has 0 radical (unpaired) electrons. The Kier molecular flexibility index (Phi) is 5.75. The Balaban J connectivity index is 1.66. The highest BCUT2D eigenvalue weighted by atomic mass is 31.2. The summed E-state index contributed by atoms with van der Waals surface area (Å²) in [5.41, 5.74) is 2.60. The molecule has 0 spiro atoms. The van der Waals surface area contributed by atoms with Gasteiger partial charge >= 0.3 is 7.82 Å². The van der Waals surface area contributed by atoms with Crippen LogP contribution in [0.25, 0.3) is 0 Å². The normalized spacial score (nSPS) is 17.0. The van der Waals surface area contributed by atoms with Gasteiger partial charge < -0.3 is 13.6 Å². The standard InChI is InChI=1S/C26H19N2O4P/c29-33(30-22-12-2-1-3-13-22)31-25-16-8-4-10-20(25)18-27-23-14-6-7-15-24(23)28-19-21-11-5-9-17-26(21)32-33/h1-19H. The zero-order chi connectivity index (χ0) is 22.5. The fourth-order valence-corrected chi connectivity index (χ4v) is 4.51. The van der Waals surface area contributed by atoms with Crippen molar-refractivity contribution in [1.29, 1.82) is 0 Å². The van der Waals surface area contributed by atoms with E-state index in [-0.39, 0.29) is 0 Å². The molecule has 33 heavy (non-hydrogen) atoms. The second-order valence-electron chi connectivity index (χ2n) is 7.11. The minimum Gasteiger partial charge on any atom is -0.386 e. The molecule has 0 saturated carbocycles. The number of phosphoric ester groups is 1. The first-order chi connectivity index (χ1) is 16.2. The fourth-order valence-electron chi connectivity index (χ4n) is 3.21. The van der Waals surface area contributed by atoms with Crippen molar-refractivity contribution in [2.24, 2.45) is 9.98 Å². The van der Waals surface area contributed by atoms with Crippen molar-refractivity contribution in [2.75, 3.05) is 0 Å². The number of aliphatic imine (C=N–C) groups is 2. The summed E-state index contributed by atoms with van der Waals surface area (Å²) in [4.78, 5) is 9.18. The fraction of sp³-hybridized carbons (Fsp3) is 0. The van der Waals surface area contributed by atoms with Gasteiger partial charge in [-0.05, 0) is 48.5 Å². The lowest BCUT2D eigenvalue weighted by Gasteiger charge is -2.21. The van der Waals surface area contributed by atoms with Crippen LogP contribution in [0.4, 0.5) is 11.4 Å². The third-order valence-electron chi connectivity index (χ3n) is 4.79. The minimum atomic E-state index is -4.16. The third-order valence-corrected chi connectivity index (χ3v) is 6.06. The summed E-state index contributed by atoms with van der Waals surface area (Å²) in [7, 11) is -4.16. The lowest BCUT2D eigenvalue weighted by atomic mass is 10.2. The van der Waals surface area contributed by atoms with E-state index in [0.29, 0.717) is 39.8 Å². The predicted octanol–water partition coefficient (Wildman–Crippen LogP) is 7.15. The van der Waals surface area contributed by atoms with Crippen LogP contribution in [0.15, 0.2) is 113 Å². The van der Waals surface area contributed by atoms with Gasteiger partial charge in [-0.3, -0.25) is 9.98 Å². The van der Waals surface area contributed by atoms with E-state index in [1.54, 1.807) is 61.0 Å². The van der Waals surface area contributed by atoms with Gasteiger partial charge in [0.25, 0.3) is 0 Å². The number of hydrogen-bond acceptors (Lipinski definition) is 6. The number of fused-ring (bicyclic) bond motifs is 3. The van der Waals surface area contributed by atoms with Gasteiger partial charge in [0.1, 0.15) is 17.2 Å². The van der Waals surface area contributed by atoms with Gasteiger partial charge in [-0.25, -0.2) is 0 Å². The Morgan fingerprint density at radius 3 is 1.58 bits per heavy atom. The molecule has 0 unspecified atom stereocenters. The quantitative estimate of drug-likeness (QED) is 0.302. The highest BCUT2D eigenvalue weighted by Gasteiger charge is 2.34. The molecule has 162 valence electrons. The maximum Gasteiger partial charge on any atom is 0.647 e. The van der Waals surface area contributed by atoms with Crippen LogP contribution in [0, 0.1) is 0 Å². The molecule has 6 nitrogen and oxygen atoms in total. The van der Waals surface area contributed by atoms with Crippen LogP contribution in [0.2, 0.25) is 0 Å². The summed E-state index contributed by atoms with van der Waals surface area (Å²) >= 11 is 0. The molecule has 0 aromatic heterocycles. The minimum absolute atomic E-state index is 0.315. The highest BCUT2D eigenvalue weighted by molar-refractivity contribution is 7.49. The second kappa shape index (κ2) is 9.15. The third kappa shape index (κ3) is 4.86. The van der Waals surface area contributed by atoms with Gasteiger partial charge in [0.05, 0.1) is 11.4 Å². The molecule has 0 fully saturated rings. The van der Waals surface area contributed by atoms with Crippen molar-refractivity contribution < 1.29 is 18.1 Å². The lowest BCUT2D eigenvalue weighted by Crippen LogP contribution is -2.09. The number of phosphoric acid groups is 1. The molecular weight excluding hydrogens is 435 g/mol. The van der Waals surface area contributed by atoms with Crippen molar-refractivity contribution in [1.82, 2.24) is 0 Å². The average Bonchev–Trinajstić information content (AvgIpc) is 2.84. The smallest absolute Gasteiger partial charge is 0.386 e. The first kappa shape index (κ1) is 20.7. The van der Waals surface area contributed by atoms with Crippen LogP contribution in [-0.4, -0.2) is 12.4 Å². The molecule has 5 rings (SSSR count). The Morgan fingerprint density at radius 2 is 1.03 bits per heavy atom. The van der Waals surface area contributed by atoms with Gasteiger partial charge in [0.15, 0.2) is 0 Å². The van der Waals surface area contributed by atoms with E-state index in [1.165, 1.54) is 0 Å². The summed E-state index contributed by atoms with van der Waals surface area (Å²) in [6, 6.07) is 30.6. The van der Waals surface area contributed by atoms with Crippen molar-refractivity contribution in [3.8, 4) is 17.2 Å². The second-order valence-corrected chi connectivity index (χ2v) is 8.56. The van der Waals surface area contributed by atoms with Crippen LogP contribution < -0.4 is 13.6 Å². The van der Waals surface area contributed by atoms with Gasteiger partial charge in [-0.2, -0.15) is 4.57 Å². The molecule has 7 heteroatoms. The molecule has 0 saturated heterocycles. The monoisotopic (exact) mass is 454 g/mol. The van der Waals surface area contributed by atoms with Gasteiger partial charge in [-0.1, -0.05) is 54.6 Å². The summed E-state index contributed by atoms with van der Waals surface area (Å²) in [5.74, 6) is 0.987. The Morgan fingerprint density at radius 1 is 0.576 bits per heavy atom. The maximum absolute atomic E-state index is 13.9. The maximum atomic E-state index is 13.9. The van der Waals surface area contributed by atoms with Crippen molar-refractivity contribution in [3.63, 3.8) is 0 Å². The van der Waals surface area contributed by atoms with Crippen molar-refractivity contribution in [2.45, 2.75) is 0 Å². The molecule has 1 aliphatic rings. The molecule has 4 aromatic carbocycles. The largest absolute Gasteiger partial charge is 0.647 e. The molecular formula is C26H19N2O4P. The summed E-state index contributed by atoms with van der Waals surface area (Å²) in [6.07, 6.45) is 3.28. The molecule has 1 heterocycles. The van der Waals surface area contributed by atoms with Gasteiger partial charge in [-0.15, -0.1) is 0 Å². The molecule has 0 bridgehead atoms. The van der Waals surface area contributed by atoms with E-state index >= 15 is 0 Å². The van der Waals surface area contributed by atoms with Crippen molar-refractivity contribution in [3.05, 3.63) is 114 Å². The van der Waals surface area contributed by atoms with E-state index in [0.717, 1.165) is 0 Å². The van der Waals surface area contributed by atoms with Crippen molar-refractivity contribution >= 4 is 31.6 Å². The SMILES string of the molecule is O=P1(Oc2ccccc2)Oc2ccccc2C=Nc2ccccc2N=Cc2ccccc2O1. The zero-order valence-electron chi connectivity index (χ0n) is 17.4. The number of benzene rings is 4. The predicted molar refractivity (Wildman–Crippen MR) is 130 cm³/mol. The Bertz CT molecular complexity index is 1300. The molecule has 0 aliphatic carbocycles. The first-order valence-electron chi connectivity index (χ1n) is 10.3. The van der Waals surface area contributed by atoms with E-state index in [4.69, 9.17) is 13.6 Å². The zero-order valence-corrected chi connectivity index (χ0v) is 18.3. The number of para-hydroxylation sites is 5. The number of rotatable bonds is 2. The molecule has 0 atom stereocenters. The molecule has 0 amide bonds. The Labute approximate surface area is 191 Å². The van der Waals surface area contributed by atoms with E-state index in [2.05, 4.69) is 9.98 Å². The molecule has 0 N–H and O–H groups in total. The topological polar surface area (TPSA) is 69.5 Å². The van der Waals surface area contributed by atoms with Crippen LogP contribution >= 0.6 is 7.82 Å². The number of hydrogen-bond donors (Lipinski definition) is 0. The summed E-state index contributed by atoms with van der Waals surface area (Å²) in [5, 5.41) is 0.